The zero-order chi connectivity index (χ0) is 17.4. The summed E-state index contributed by atoms with van der Waals surface area (Å²) in [6.07, 6.45) is 5.27. The number of fused-ring (bicyclic) bond motifs is 1. The molecule has 24 heavy (non-hydrogen) atoms. The predicted octanol–water partition coefficient (Wildman–Crippen LogP) is 4.85. The number of nitrogens with zero attached hydrogens (tertiary/aromatic N) is 2. The SMILES string of the molecule is Cc1cc(C)c(C)c(-c2cc3nccc(CC(C)C)c3c[n+]2C)c1. The smallest absolute Gasteiger partial charge is 0.214 e. The third kappa shape index (κ3) is 3.06. The van der Waals surface area contributed by atoms with Crippen molar-refractivity contribution >= 4 is 10.9 Å². The van der Waals surface area contributed by atoms with E-state index in [0.717, 1.165) is 11.9 Å². The molecule has 0 bridgehead atoms. The van der Waals surface area contributed by atoms with Gasteiger partial charge >= 0.3 is 0 Å². The lowest BCUT2D eigenvalue weighted by Gasteiger charge is -2.11. The van der Waals surface area contributed by atoms with Crippen molar-refractivity contribution in [3.05, 3.63) is 58.9 Å². The molecule has 0 saturated heterocycles. The van der Waals surface area contributed by atoms with Gasteiger partial charge in [0.05, 0.1) is 10.9 Å². The molecule has 2 nitrogen and oxygen atoms in total. The van der Waals surface area contributed by atoms with Crippen LogP contribution >= 0.6 is 0 Å². The van der Waals surface area contributed by atoms with E-state index in [0.29, 0.717) is 5.92 Å². The van der Waals surface area contributed by atoms with E-state index in [1.54, 1.807) is 0 Å². The molecule has 0 N–H and O–H groups in total. The zero-order valence-electron chi connectivity index (χ0n) is 15.6. The summed E-state index contributed by atoms with van der Waals surface area (Å²) in [6.45, 7) is 11.1. The van der Waals surface area contributed by atoms with Crippen LogP contribution in [0, 0.1) is 26.7 Å². The Morgan fingerprint density at radius 2 is 1.83 bits per heavy atom. The Bertz CT molecular complexity index is 907. The number of aryl methyl sites for hydroxylation is 3. The van der Waals surface area contributed by atoms with Crippen LogP contribution in [0.15, 0.2) is 36.7 Å². The van der Waals surface area contributed by atoms with Crippen LogP contribution < -0.4 is 4.57 Å². The minimum absolute atomic E-state index is 0.641. The molecule has 124 valence electrons. The standard InChI is InChI=1S/C22H27N2/c1-14(2)9-18-7-8-23-21-12-22(24(6)13-20(18)21)19-11-15(3)10-16(4)17(19)5/h7-8,10-14H,9H2,1-6H3/q+1. The second-order valence-electron chi connectivity index (χ2n) is 7.39. The number of benzene rings is 1. The molecule has 0 atom stereocenters. The molecule has 0 unspecified atom stereocenters. The number of hydrogen-bond donors (Lipinski definition) is 0. The Morgan fingerprint density at radius 3 is 2.54 bits per heavy atom. The van der Waals surface area contributed by atoms with E-state index in [-0.39, 0.29) is 0 Å². The molecule has 0 aliphatic heterocycles. The van der Waals surface area contributed by atoms with E-state index in [4.69, 9.17) is 0 Å². The lowest BCUT2D eigenvalue weighted by molar-refractivity contribution is -0.659. The van der Waals surface area contributed by atoms with Gasteiger partial charge in [-0.1, -0.05) is 25.5 Å². The Kier molecular flexibility index (Phi) is 4.40. The Balaban J connectivity index is 2.23. The lowest BCUT2D eigenvalue weighted by Crippen LogP contribution is -2.31. The van der Waals surface area contributed by atoms with Crippen molar-refractivity contribution in [2.24, 2.45) is 13.0 Å². The van der Waals surface area contributed by atoms with Crippen LogP contribution in [0.25, 0.3) is 22.2 Å². The van der Waals surface area contributed by atoms with Crippen LogP contribution in [0.4, 0.5) is 0 Å². The number of aromatic nitrogens is 2. The maximum atomic E-state index is 4.64. The fourth-order valence-electron chi connectivity index (χ4n) is 3.48. The molecular formula is C22H27N2+. The molecule has 0 aliphatic rings. The summed E-state index contributed by atoms with van der Waals surface area (Å²) in [6, 6.07) is 8.92. The molecule has 2 heterocycles. The van der Waals surface area contributed by atoms with Gasteiger partial charge in [-0.15, -0.1) is 0 Å². The number of hydrogen-bond acceptors (Lipinski definition) is 1. The largest absolute Gasteiger partial charge is 0.256 e. The normalized spacial score (nSPS) is 11.5. The molecule has 0 fully saturated rings. The summed E-state index contributed by atoms with van der Waals surface area (Å²) in [7, 11) is 2.14. The first kappa shape index (κ1) is 16.6. The lowest BCUT2D eigenvalue weighted by atomic mass is 9.96. The molecule has 2 aromatic heterocycles. The van der Waals surface area contributed by atoms with Gasteiger partial charge in [-0.3, -0.25) is 4.98 Å². The number of rotatable bonds is 3. The van der Waals surface area contributed by atoms with E-state index >= 15 is 0 Å². The van der Waals surface area contributed by atoms with Gasteiger partial charge in [0.2, 0.25) is 5.69 Å². The van der Waals surface area contributed by atoms with Gasteiger partial charge in [-0.2, -0.15) is 0 Å². The third-order valence-corrected chi connectivity index (χ3v) is 4.80. The van der Waals surface area contributed by atoms with Gasteiger partial charge in [0.15, 0.2) is 6.20 Å². The third-order valence-electron chi connectivity index (χ3n) is 4.80. The molecular weight excluding hydrogens is 292 g/mol. The van der Waals surface area contributed by atoms with Gasteiger partial charge < -0.3 is 0 Å². The highest BCUT2D eigenvalue weighted by Crippen LogP contribution is 2.27. The van der Waals surface area contributed by atoms with Crippen LogP contribution in [0.2, 0.25) is 0 Å². The molecule has 0 spiro atoms. The van der Waals surface area contributed by atoms with Crippen molar-refractivity contribution in [3.63, 3.8) is 0 Å². The van der Waals surface area contributed by atoms with E-state index in [1.807, 2.05) is 6.20 Å². The Labute approximate surface area is 145 Å². The molecule has 0 amide bonds. The number of pyridine rings is 2. The van der Waals surface area contributed by atoms with Crippen LogP contribution in [-0.4, -0.2) is 4.98 Å². The first-order valence-corrected chi connectivity index (χ1v) is 8.72. The van der Waals surface area contributed by atoms with Crippen molar-refractivity contribution in [1.82, 2.24) is 4.98 Å². The zero-order valence-corrected chi connectivity index (χ0v) is 15.6. The maximum Gasteiger partial charge on any atom is 0.214 e. The Hall–Kier alpha value is -2.22. The molecule has 0 radical (unpaired) electrons. The van der Waals surface area contributed by atoms with Gasteiger partial charge in [0.25, 0.3) is 0 Å². The summed E-state index contributed by atoms with van der Waals surface area (Å²) >= 11 is 0. The Morgan fingerprint density at radius 1 is 1.08 bits per heavy atom. The maximum absolute atomic E-state index is 4.64. The first-order valence-electron chi connectivity index (χ1n) is 8.72. The monoisotopic (exact) mass is 319 g/mol. The second-order valence-corrected chi connectivity index (χ2v) is 7.39. The van der Waals surface area contributed by atoms with Crippen molar-refractivity contribution in [3.8, 4) is 11.3 Å². The van der Waals surface area contributed by atoms with E-state index in [9.17, 15) is 0 Å². The van der Waals surface area contributed by atoms with Crippen molar-refractivity contribution in [2.75, 3.05) is 0 Å². The predicted molar refractivity (Wildman–Crippen MR) is 101 cm³/mol. The summed E-state index contributed by atoms with van der Waals surface area (Å²) in [5.41, 5.74) is 8.97. The molecule has 0 saturated carbocycles. The van der Waals surface area contributed by atoms with Gasteiger partial charge in [0.1, 0.15) is 7.05 Å². The van der Waals surface area contributed by atoms with Crippen LogP contribution in [0.1, 0.15) is 36.1 Å². The molecule has 1 aromatic carbocycles. The fourth-order valence-corrected chi connectivity index (χ4v) is 3.48. The van der Waals surface area contributed by atoms with Gasteiger partial charge in [0, 0.05) is 17.8 Å². The fraction of sp³-hybridized carbons (Fsp3) is 0.364. The van der Waals surface area contributed by atoms with Crippen molar-refractivity contribution in [1.29, 1.82) is 0 Å². The summed E-state index contributed by atoms with van der Waals surface area (Å²) < 4.78 is 2.25. The van der Waals surface area contributed by atoms with Crippen LogP contribution in [-0.2, 0) is 13.5 Å². The van der Waals surface area contributed by atoms with Crippen LogP contribution in [0.5, 0.6) is 0 Å². The molecule has 2 heteroatoms. The van der Waals surface area contributed by atoms with Crippen molar-refractivity contribution in [2.45, 2.75) is 41.0 Å². The minimum Gasteiger partial charge on any atom is -0.256 e. The van der Waals surface area contributed by atoms with Gasteiger partial charge in [-0.05, 0) is 61.9 Å². The van der Waals surface area contributed by atoms with E-state index in [1.165, 1.54) is 38.9 Å². The topological polar surface area (TPSA) is 16.8 Å². The second kappa shape index (κ2) is 6.35. The highest BCUT2D eigenvalue weighted by molar-refractivity contribution is 5.83. The summed E-state index contributed by atoms with van der Waals surface area (Å²) in [4.78, 5) is 4.64. The summed E-state index contributed by atoms with van der Waals surface area (Å²) in [5.74, 6) is 0.641. The minimum atomic E-state index is 0.641. The molecule has 3 rings (SSSR count). The average molecular weight is 319 g/mol. The molecule has 0 aliphatic carbocycles. The van der Waals surface area contributed by atoms with Crippen LogP contribution in [0.3, 0.4) is 0 Å². The van der Waals surface area contributed by atoms with Crippen molar-refractivity contribution < 1.29 is 4.57 Å². The summed E-state index contributed by atoms with van der Waals surface area (Å²) in [5, 5.41) is 1.26. The van der Waals surface area contributed by atoms with E-state index in [2.05, 4.69) is 81.7 Å². The van der Waals surface area contributed by atoms with E-state index < -0.39 is 0 Å². The average Bonchev–Trinajstić information content (AvgIpc) is 2.50. The highest BCUT2D eigenvalue weighted by Gasteiger charge is 2.17. The quantitative estimate of drug-likeness (QED) is 0.631. The highest BCUT2D eigenvalue weighted by atomic mass is 14.9. The molecule has 3 aromatic rings. The first-order chi connectivity index (χ1) is 11.4. The van der Waals surface area contributed by atoms with Gasteiger partial charge in [-0.25, -0.2) is 4.57 Å².